The lowest BCUT2D eigenvalue weighted by Gasteiger charge is -2.35. The summed E-state index contributed by atoms with van der Waals surface area (Å²) in [5.41, 5.74) is 0. The van der Waals surface area contributed by atoms with E-state index in [1.54, 1.807) is 17.0 Å². The van der Waals surface area contributed by atoms with Crippen LogP contribution in [0.5, 0.6) is 0 Å². The lowest BCUT2D eigenvalue weighted by atomic mass is 9.97. The summed E-state index contributed by atoms with van der Waals surface area (Å²) in [6.07, 6.45) is 4.99. The lowest BCUT2D eigenvalue weighted by Crippen LogP contribution is -2.43. The average Bonchev–Trinajstić information content (AvgIpc) is 2.89. The second kappa shape index (κ2) is 5.71. The number of carboxylic acid groups (broad SMARTS) is 1. The summed E-state index contributed by atoms with van der Waals surface area (Å²) < 4.78 is 5.11. The summed E-state index contributed by atoms with van der Waals surface area (Å²) in [4.78, 5) is 24.6. The molecule has 5 nitrogen and oxygen atoms in total. The van der Waals surface area contributed by atoms with E-state index in [0.717, 1.165) is 19.3 Å². The van der Waals surface area contributed by atoms with Crippen LogP contribution in [0.1, 0.15) is 42.7 Å². The third-order valence-electron chi connectivity index (χ3n) is 3.31. The summed E-state index contributed by atoms with van der Waals surface area (Å²) in [5.74, 6) is -0.613. The SMILES string of the molecule is O=C(O)CC[C@H]1CCCCN1C(=O)c1ccco1. The van der Waals surface area contributed by atoms with Crippen molar-refractivity contribution in [3.05, 3.63) is 24.2 Å². The number of hydrogen-bond acceptors (Lipinski definition) is 3. The van der Waals surface area contributed by atoms with Crippen LogP contribution in [-0.4, -0.2) is 34.5 Å². The first-order valence-electron chi connectivity index (χ1n) is 6.25. The second-order valence-corrected chi connectivity index (χ2v) is 4.56. The maximum Gasteiger partial charge on any atom is 0.303 e. The first-order chi connectivity index (χ1) is 8.68. The number of aliphatic carboxylic acids is 1. The van der Waals surface area contributed by atoms with Crippen LogP contribution < -0.4 is 0 Å². The minimum atomic E-state index is -0.814. The van der Waals surface area contributed by atoms with Crippen LogP contribution in [0.2, 0.25) is 0 Å². The maximum absolute atomic E-state index is 12.2. The first-order valence-corrected chi connectivity index (χ1v) is 6.25. The molecule has 2 rings (SSSR count). The highest BCUT2D eigenvalue weighted by molar-refractivity contribution is 5.91. The highest BCUT2D eigenvalue weighted by Gasteiger charge is 2.28. The number of furan rings is 1. The molecule has 0 saturated carbocycles. The van der Waals surface area contributed by atoms with Gasteiger partial charge in [-0.25, -0.2) is 0 Å². The van der Waals surface area contributed by atoms with Crippen LogP contribution in [0.3, 0.4) is 0 Å². The molecular formula is C13H17NO4. The van der Waals surface area contributed by atoms with Crippen LogP contribution in [0, 0.1) is 0 Å². The van der Waals surface area contributed by atoms with Crippen molar-refractivity contribution in [1.29, 1.82) is 0 Å². The Morgan fingerprint density at radius 1 is 1.44 bits per heavy atom. The van der Waals surface area contributed by atoms with Crippen molar-refractivity contribution >= 4 is 11.9 Å². The zero-order valence-electron chi connectivity index (χ0n) is 10.2. The van der Waals surface area contributed by atoms with Gasteiger partial charge in [0.05, 0.1) is 6.26 Å². The molecule has 0 aromatic carbocycles. The first kappa shape index (κ1) is 12.7. The van der Waals surface area contributed by atoms with Crippen molar-refractivity contribution in [3.63, 3.8) is 0 Å². The Labute approximate surface area is 105 Å². The monoisotopic (exact) mass is 251 g/mol. The number of rotatable bonds is 4. The Kier molecular flexibility index (Phi) is 4.02. The molecule has 0 spiro atoms. The minimum Gasteiger partial charge on any atom is -0.481 e. The quantitative estimate of drug-likeness (QED) is 0.890. The Hall–Kier alpha value is -1.78. The molecule has 1 amide bonds. The summed E-state index contributed by atoms with van der Waals surface area (Å²) in [5, 5.41) is 8.73. The lowest BCUT2D eigenvalue weighted by molar-refractivity contribution is -0.137. The van der Waals surface area contributed by atoms with Crippen molar-refractivity contribution < 1.29 is 19.1 Å². The average molecular weight is 251 g/mol. The largest absolute Gasteiger partial charge is 0.481 e. The molecule has 0 radical (unpaired) electrons. The highest BCUT2D eigenvalue weighted by atomic mass is 16.4. The van der Waals surface area contributed by atoms with Gasteiger partial charge < -0.3 is 14.4 Å². The molecular weight excluding hydrogens is 234 g/mol. The van der Waals surface area contributed by atoms with Gasteiger partial charge in [-0.3, -0.25) is 9.59 Å². The smallest absolute Gasteiger partial charge is 0.303 e. The van der Waals surface area contributed by atoms with E-state index in [0.29, 0.717) is 18.7 Å². The summed E-state index contributed by atoms with van der Waals surface area (Å²) in [7, 11) is 0. The van der Waals surface area contributed by atoms with Gasteiger partial charge in [-0.2, -0.15) is 0 Å². The Morgan fingerprint density at radius 3 is 2.94 bits per heavy atom. The van der Waals surface area contributed by atoms with Crippen LogP contribution >= 0.6 is 0 Å². The maximum atomic E-state index is 12.2. The van der Waals surface area contributed by atoms with Gasteiger partial charge in [0.15, 0.2) is 5.76 Å². The fourth-order valence-electron chi connectivity index (χ4n) is 2.40. The normalized spacial score (nSPS) is 19.8. The molecule has 1 aliphatic heterocycles. The van der Waals surface area contributed by atoms with Gasteiger partial charge in [-0.1, -0.05) is 0 Å². The molecule has 1 aromatic heterocycles. The van der Waals surface area contributed by atoms with Crippen LogP contribution in [0.25, 0.3) is 0 Å². The Balaban J connectivity index is 2.03. The molecule has 0 aliphatic carbocycles. The number of piperidine rings is 1. The number of nitrogens with zero attached hydrogens (tertiary/aromatic N) is 1. The van der Waals surface area contributed by atoms with Crippen molar-refractivity contribution in [2.45, 2.75) is 38.1 Å². The third-order valence-corrected chi connectivity index (χ3v) is 3.31. The van der Waals surface area contributed by atoms with Gasteiger partial charge in [0.25, 0.3) is 5.91 Å². The van der Waals surface area contributed by atoms with Gasteiger partial charge in [-0.05, 0) is 37.8 Å². The van der Waals surface area contributed by atoms with Gasteiger partial charge in [0.2, 0.25) is 0 Å². The van der Waals surface area contributed by atoms with Gasteiger partial charge >= 0.3 is 5.97 Å². The molecule has 0 unspecified atom stereocenters. The minimum absolute atomic E-state index is 0.0208. The number of hydrogen-bond donors (Lipinski definition) is 1. The van der Waals surface area contributed by atoms with Gasteiger partial charge in [0.1, 0.15) is 0 Å². The predicted octanol–water partition coefficient (Wildman–Crippen LogP) is 2.14. The Morgan fingerprint density at radius 2 is 2.28 bits per heavy atom. The summed E-state index contributed by atoms with van der Waals surface area (Å²) in [6.45, 7) is 0.684. The molecule has 1 N–H and O–H groups in total. The van der Waals surface area contributed by atoms with Gasteiger partial charge in [0, 0.05) is 19.0 Å². The molecule has 98 valence electrons. The van der Waals surface area contributed by atoms with E-state index in [4.69, 9.17) is 9.52 Å². The van der Waals surface area contributed by atoms with E-state index >= 15 is 0 Å². The second-order valence-electron chi connectivity index (χ2n) is 4.56. The molecule has 1 aromatic rings. The fraction of sp³-hybridized carbons (Fsp3) is 0.538. The van der Waals surface area contributed by atoms with Crippen molar-refractivity contribution in [1.82, 2.24) is 4.90 Å². The molecule has 1 fully saturated rings. The van der Waals surface area contributed by atoms with E-state index in [1.165, 1.54) is 6.26 Å². The van der Waals surface area contributed by atoms with E-state index in [2.05, 4.69) is 0 Å². The Bertz CT molecular complexity index is 413. The molecule has 18 heavy (non-hydrogen) atoms. The van der Waals surface area contributed by atoms with Gasteiger partial charge in [-0.15, -0.1) is 0 Å². The highest BCUT2D eigenvalue weighted by Crippen LogP contribution is 2.23. The third kappa shape index (κ3) is 2.91. The molecule has 2 heterocycles. The number of likely N-dealkylation sites (tertiary alicyclic amines) is 1. The van der Waals surface area contributed by atoms with Crippen molar-refractivity contribution in [2.75, 3.05) is 6.54 Å². The number of carboxylic acids is 1. The van der Waals surface area contributed by atoms with Crippen molar-refractivity contribution in [3.8, 4) is 0 Å². The summed E-state index contributed by atoms with van der Waals surface area (Å²) >= 11 is 0. The molecule has 1 saturated heterocycles. The zero-order valence-corrected chi connectivity index (χ0v) is 10.2. The molecule has 1 atom stereocenters. The van der Waals surface area contributed by atoms with Crippen LogP contribution in [0.4, 0.5) is 0 Å². The van der Waals surface area contributed by atoms with E-state index in [1.807, 2.05) is 0 Å². The van der Waals surface area contributed by atoms with E-state index in [9.17, 15) is 9.59 Å². The zero-order chi connectivity index (χ0) is 13.0. The predicted molar refractivity (Wildman–Crippen MR) is 64.3 cm³/mol. The molecule has 5 heteroatoms. The number of carbonyl (C=O) groups excluding carboxylic acids is 1. The standard InChI is InChI=1S/C13H17NO4/c15-12(16)7-6-10-4-1-2-8-14(10)13(17)11-5-3-9-18-11/h3,5,9-10H,1-2,4,6-8H2,(H,15,16)/t10-/m1/s1. The number of amides is 1. The van der Waals surface area contributed by atoms with E-state index < -0.39 is 5.97 Å². The molecule has 1 aliphatic rings. The summed E-state index contributed by atoms with van der Waals surface area (Å²) in [6, 6.07) is 3.35. The molecule has 0 bridgehead atoms. The fourth-order valence-corrected chi connectivity index (χ4v) is 2.40. The van der Waals surface area contributed by atoms with E-state index in [-0.39, 0.29) is 18.4 Å². The van der Waals surface area contributed by atoms with Crippen molar-refractivity contribution in [2.24, 2.45) is 0 Å². The van der Waals surface area contributed by atoms with Crippen LogP contribution in [0.15, 0.2) is 22.8 Å². The van der Waals surface area contributed by atoms with Crippen LogP contribution in [-0.2, 0) is 4.79 Å². The topological polar surface area (TPSA) is 70.8 Å². The number of carbonyl (C=O) groups is 2.